The number of fused-ring (bicyclic) bond motifs is 2. The lowest BCUT2D eigenvalue weighted by molar-refractivity contribution is 0.227. The van der Waals surface area contributed by atoms with Crippen molar-refractivity contribution >= 4 is 10.0 Å². The highest BCUT2D eigenvalue weighted by molar-refractivity contribution is 7.88. The average molecular weight is 246 g/mol. The Morgan fingerprint density at radius 1 is 1.25 bits per heavy atom. The summed E-state index contributed by atoms with van der Waals surface area (Å²) in [6.45, 7) is 2.71. The molecule has 5 heteroatoms. The molecule has 2 unspecified atom stereocenters. The highest BCUT2D eigenvalue weighted by Gasteiger charge is 2.38. The summed E-state index contributed by atoms with van der Waals surface area (Å²) in [5.41, 5.74) is 0. The molecule has 0 radical (unpaired) electrons. The highest BCUT2D eigenvalue weighted by atomic mass is 32.2. The van der Waals surface area contributed by atoms with E-state index in [4.69, 9.17) is 0 Å². The summed E-state index contributed by atoms with van der Waals surface area (Å²) < 4.78 is 25.2. The monoisotopic (exact) mass is 246 g/mol. The van der Waals surface area contributed by atoms with E-state index in [9.17, 15) is 8.42 Å². The van der Waals surface area contributed by atoms with E-state index < -0.39 is 10.0 Å². The van der Waals surface area contributed by atoms with Crippen molar-refractivity contribution in [1.29, 1.82) is 0 Å². The summed E-state index contributed by atoms with van der Waals surface area (Å²) in [6.07, 6.45) is 6.64. The zero-order chi connectivity index (χ0) is 11.8. The lowest BCUT2D eigenvalue weighted by Crippen LogP contribution is -2.50. The van der Waals surface area contributed by atoms with Gasteiger partial charge in [-0.2, -0.15) is 4.31 Å². The number of hydrogen-bond donors (Lipinski definition) is 1. The maximum atomic E-state index is 11.8. The first kappa shape index (κ1) is 12.3. The molecule has 2 atom stereocenters. The van der Waals surface area contributed by atoms with Crippen LogP contribution >= 0.6 is 0 Å². The fourth-order valence-electron chi connectivity index (χ4n) is 3.10. The van der Waals surface area contributed by atoms with Gasteiger partial charge in [-0.15, -0.1) is 0 Å². The Hall–Kier alpha value is -0.130. The molecular weight excluding hydrogens is 224 g/mol. The summed E-state index contributed by atoms with van der Waals surface area (Å²) in [7, 11) is -3.04. The van der Waals surface area contributed by atoms with Crippen LogP contribution < -0.4 is 5.32 Å². The third-order valence-corrected chi connectivity index (χ3v) is 5.06. The van der Waals surface area contributed by atoms with E-state index in [2.05, 4.69) is 5.32 Å². The molecule has 2 saturated heterocycles. The SMILES string of the molecule is CCCN(C1CC2CCC(C1)N2)S(C)(=O)=O. The molecule has 2 fully saturated rings. The van der Waals surface area contributed by atoms with Crippen LogP contribution in [0.1, 0.15) is 39.0 Å². The van der Waals surface area contributed by atoms with Gasteiger partial charge in [-0.25, -0.2) is 8.42 Å². The average Bonchev–Trinajstić information content (AvgIpc) is 2.52. The quantitative estimate of drug-likeness (QED) is 0.803. The third kappa shape index (κ3) is 2.57. The topological polar surface area (TPSA) is 49.4 Å². The molecule has 0 aromatic heterocycles. The Morgan fingerprint density at radius 3 is 2.25 bits per heavy atom. The smallest absolute Gasteiger partial charge is 0.211 e. The van der Waals surface area contributed by atoms with E-state index in [1.165, 1.54) is 19.1 Å². The van der Waals surface area contributed by atoms with Crippen molar-refractivity contribution < 1.29 is 8.42 Å². The molecule has 2 heterocycles. The van der Waals surface area contributed by atoms with Gasteiger partial charge in [-0.1, -0.05) is 6.92 Å². The number of piperidine rings is 1. The Bertz CT molecular complexity index is 330. The van der Waals surface area contributed by atoms with Crippen LogP contribution in [0, 0.1) is 0 Å². The Kier molecular flexibility index (Phi) is 3.56. The van der Waals surface area contributed by atoms with Crippen molar-refractivity contribution in [3.8, 4) is 0 Å². The van der Waals surface area contributed by atoms with Gasteiger partial charge in [0.25, 0.3) is 0 Å². The van der Waals surface area contributed by atoms with Gasteiger partial charge in [0.1, 0.15) is 0 Å². The van der Waals surface area contributed by atoms with E-state index in [1.807, 2.05) is 6.92 Å². The fourth-order valence-corrected chi connectivity index (χ4v) is 4.33. The van der Waals surface area contributed by atoms with Crippen molar-refractivity contribution in [2.75, 3.05) is 12.8 Å². The van der Waals surface area contributed by atoms with Crippen LogP contribution in [0.3, 0.4) is 0 Å². The van der Waals surface area contributed by atoms with E-state index in [-0.39, 0.29) is 6.04 Å². The molecule has 0 aromatic carbocycles. The van der Waals surface area contributed by atoms with Crippen LogP contribution in [0.4, 0.5) is 0 Å². The molecule has 0 aromatic rings. The van der Waals surface area contributed by atoms with Crippen LogP contribution in [-0.2, 0) is 10.0 Å². The lowest BCUT2D eigenvalue weighted by atomic mass is 10.00. The van der Waals surface area contributed by atoms with Crippen LogP contribution in [0.25, 0.3) is 0 Å². The van der Waals surface area contributed by atoms with Crippen molar-refractivity contribution in [2.45, 2.75) is 57.2 Å². The van der Waals surface area contributed by atoms with Crippen molar-refractivity contribution in [3.63, 3.8) is 0 Å². The molecule has 0 spiro atoms. The van der Waals surface area contributed by atoms with Gasteiger partial charge in [-0.3, -0.25) is 0 Å². The summed E-state index contributed by atoms with van der Waals surface area (Å²) in [5.74, 6) is 0. The van der Waals surface area contributed by atoms with Crippen molar-refractivity contribution in [2.24, 2.45) is 0 Å². The lowest BCUT2D eigenvalue weighted by Gasteiger charge is -2.36. The molecule has 2 bridgehead atoms. The third-order valence-electron chi connectivity index (χ3n) is 3.73. The molecule has 1 N–H and O–H groups in total. The molecular formula is C11H22N2O2S. The largest absolute Gasteiger partial charge is 0.311 e. The Morgan fingerprint density at radius 2 is 1.81 bits per heavy atom. The van der Waals surface area contributed by atoms with Gasteiger partial charge >= 0.3 is 0 Å². The summed E-state index contributed by atoms with van der Waals surface area (Å²) >= 11 is 0. The minimum atomic E-state index is -3.04. The normalized spacial score (nSPS) is 34.6. The highest BCUT2D eigenvalue weighted by Crippen LogP contribution is 2.30. The van der Waals surface area contributed by atoms with Gasteiger partial charge in [0.2, 0.25) is 10.0 Å². The molecule has 0 saturated carbocycles. The van der Waals surface area contributed by atoms with Gasteiger partial charge < -0.3 is 5.32 Å². The maximum absolute atomic E-state index is 11.8. The number of nitrogens with zero attached hydrogens (tertiary/aromatic N) is 1. The molecule has 2 rings (SSSR count). The minimum absolute atomic E-state index is 0.230. The Balaban J connectivity index is 2.09. The van der Waals surface area contributed by atoms with E-state index in [1.54, 1.807) is 4.31 Å². The second-order valence-corrected chi connectivity index (χ2v) is 7.07. The molecule has 16 heavy (non-hydrogen) atoms. The summed E-state index contributed by atoms with van der Waals surface area (Å²) in [5, 5.41) is 3.55. The van der Waals surface area contributed by atoms with E-state index >= 15 is 0 Å². The van der Waals surface area contributed by atoms with Crippen LogP contribution in [-0.4, -0.2) is 43.6 Å². The predicted molar refractivity (Wildman–Crippen MR) is 64.8 cm³/mol. The molecule has 0 aliphatic carbocycles. The second-order valence-electron chi connectivity index (χ2n) is 5.14. The van der Waals surface area contributed by atoms with Gasteiger partial charge in [0, 0.05) is 24.7 Å². The van der Waals surface area contributed by atoms with E-state index in [0.29, 0.717) is 18.6 Å². The van der Waals surface area contributed by atoms with Crippen LogP contribution in [0.2, 0.25) is 0 Å². The summed E-state index contributed by atoms with van der Waals surface area (Å²) in [6, 6.07) is 1.32. The maximum Gasteiger partial charge on any atom is 0.211 e. The molecule has 4 nitrogen and oxygen atoms in total. The molecule has 0 amide bonds. The predicted octanol–water partition coefficient (Wildman–Crippen LogP) is 0.941. The van der Waals surface area contributed by atoms with Crippen molar-refractivity contribution in [3.05, 3.63) is 0 Å². The zero-order valence-electron chi connectivity index (χ0n) is 10.1. The van der Waals surface area contributed by atoms with Gasteiger partial charge in [0.05, 0.1) is 6.26 Å². The van der Waals surface area contributed by atoms with Gasteiger partial charge in [0.15, 0.2) is 0 Å². The number of nitrogens with one attached hydrogen (secondary N) is 1. The second kappa shape index (κ2) is 4.63. The minimum Gasteiger partial charge on any atom is -0.311 e. The van der Waals surface area contributed by atoms with E-state index in [0.717, 1.165) is 19.3 Å². The fraction of sp³-hybridized carbons (Fsp3) is 1.00. The van der Waals surface area contributed by atoms with Crippen LogP contribution in [0.15, 0.2) is 0 Å². The molecule has 2 aliphatic heterocycles. The zero-order valence-corrected chi connectivity index (χ0v) is 11.0. The first-order valence-electron chi connectivity index (χ1n) is 6.23. The van der Waals surface area contributed by atoms with Crippen LogP contribution in [0.5, 0.6) is 0 Å². The number of sulfonamides is 1. The summed E-state index contributed by atoms with van der Waals surface area (Å²) in [4.78, 5) is 0. The Labute approximate surface area is 98.4 Å². The van der Waals surface area contributed by atoms with Crippen molar-refractivity contribution in [1.82, 2.24) is 9.62 Å². The first-order chi connectivity index (χ1) is 7.50. The molecule has 2 aliphatic rings. The first-order valence-corrected chi connectivity index (χ1v) is 8.08. The number of hydrogen-bond acceptors (Lipinski definition) is 3. The van der Waals surface area contributed by atoms with Gasteiger partial charge in [-0.05, 0) is 32.1 Å². The molecule has 94 valence electrons. The number of rotatable bonds is 4. The standard InChI is InChI=1S/C11H22N2O2S/c1-3-6-13(16(2,14)15)11-7-9-4-5-10(8-11)12-9/h9-12H,3-8H2,1-2H3.